The van der Waals surface area contributed by atoms with Gasteiger partial charge in [-0.3, -0.25) is 0 Å². The van der Waals surface area contributed by atoms with E-state index in [2.05, 4.69) is 36.1 Å². The van der Waals surface area contributed by atoms with E-state index in [9.17, 15) is 4.79 Å². The molecule has 2 rings (SSSR count). The summed E-state index contributed by atoms with van der Waals surface area (Å²) in [6.07, 6.45) is 10.3. The Kier molecular flexibility index (Phi) is 10.6. The number of nitrogens with zero attached hydrogens (tertiary/aromatic N) is 1. The molecule has 1 heterocycles. The highest BCUT2D eigenvalue weighted by Gasteiger charge is 2.33. The number of nitrogens with one attached hydrogen (secondary N) is 2. The van der Waals surface area contributed by atoms with Gasteiger partial charge in [-0.05, 0) is 49.9 Å². The second-order valence-corrected chi connectivity index (χ2v) is 8.15. The molecule has 1 aromatic rings. The quantitative estimate of drug-likeness (QED) is 0.523. The molecule has 0 spiro atoms. The minimum Gasteiger partial charge on any atom is -0.446 e. The minimum absolute atomic E-state index is 0. The van der Waals surface area contributed by atoms with Crippen molar-refractivity contribution in [3.05, 3.63) is 11.9 Å². The average Bonchev–Trinajstić information content (AvgIpc) is 2.99. The van der Waals surface area contributed by atoms with Crippen LogP contribution >= 0.6 is 12.4 Å². The van der Waals surface area contributed by atoms with E-state index in [0.29, 0.717) is 30.2 Å². The molecule has 1 amide bonds. The topological polar surface area (TPSA) is 93.0 Å². The van der Waals surface area contributed by atoms with Gasteiger partial charge in [0.2, 0.25) is 0 Å². The summed E-state index contributed by atoms with van der Waals surface area (Å²) in [7, 11) is 0. The van der Waals surface area contributed by atoms with E-state index >= 15 is 0 Å². The van der Waals surface area contributed by atoms with Gasteiger partial charge in [-0.15, -0.1) is 12.4 Å². The Balaban J connectivity index is 0.00000364. The molecule has 4 N–H and O–H groups in total. The monoisotopic (exact) mass is 400 g/mol. The van der Waals surface area contributed by atoms with Crippen LogP contribution in [0.5, 0.6) is 0 Å². The predicted octanol–water partition coefficient (Wildman–Crippen LogP) is 4.70. The van der Waals surface area contributed by atoms with Gasteiger partial charge in [-0.2, -0.15) is 0 Å². The van der Waals surface area contributed by atoms with Crippen molar-refractivity contribution in [1.29, 1.82) is 0 Å². The molecule has 6 nitrogen and oxygen atoms in total. The zero-order valence-electron chi connectivity index (χ0n) is 17.0. The maximum Gasteiger partial charge on any atom is 0.407 e. The highest BCUT2D eigenvalue weighted by molar-refractivity contribution is 5.85. The third-order valence-corrected chi connectivity index (χ3v) is 5.51. The van der Waals surface area contributed by atoms with Crippen LogP contribution in [0.3, 0.4) is 0 Å². The van der Waals surface area contributed by atoms with E-state index in [1.165, 1.54) is 12.8 Å². The summed E-state index contributed by atoms with van der Waals surface area (Å²) in [5.74, 6) is 2.18. The van der Waals surface area contributed by atoms with Crippen LogP contribution in [-0.2, 0) is 11.2 Å². The van der Waals surface area contributed by atoms with Gasteiger partial charge in [0.25, 0.3) is 0 Å². The largest absolute Gasteiger partial charge is 0.446 e. The fraction of sp³-hybridized carbons (Fsp3) is 0.800. The lowest BCUT2D eigenvalue weighted by atomic mass is 9.75. The number of rotatable bonds is 9. The number of hydrogen-bond acceptors (Lipinski definition) is 4. The number of nitrogen functional groups attached to an aromatic ring is 1. The lowest BCUT2D eigenvalue weighted by Gasteiger charge is -2.36. The zero-order chi connectivity index (χ0) is 18.9. The molecule has 27 heavy (non-hydrogen) atoms. The van der Waals surface area contributed by atoms with Gasteiger partial charge in [0.1, 0.15) is 6.10 Å². The van der Waals surface area contributed by atoms with Crippen molar-refractivity contribution in [3.63, 3.8) is 0 Å². The number of anilines is 1. The number of unbranched alkanes of at least 4 members (excludes halogenated alkanes) is 3. The normalized spacial score (nSPS) is 22.3. The summed E-state index contributed by atoms with van der Waals surface area (Å²) in [6, 6.07) is 0. The second-order valence-electron chi connectivity index (χ2n) is 8.15. The van der Waals surface area contributed by atoms with Gasteiger partial charge >= 0.3 is 6.09 Å². The number of ether oxygens (including phenoxy) is 1. The highest BCUT2D eigenvalue weighted by Crippen LogP contribution is 2.35. The number of aromatic amines is 1. The summed E-state index contributed by atoms with van der Waals surface area (Å²) < 4.78 is 5.75. The van der Waals surface area contributed by atoms with E-state index in [1.807, 2.05) is 0 Å². The molecule has 7 heteroatoms. The van der Waals surface area contributed by atoms with Crippen molar-refractivity contribution >= 4 is 24.4 Å². The Morgan fingerprint density at radius 3 is 2.74 bits per heavy atom. The van der Waals surface area contributed by atoms with Gasteiger partial charge in [0, 0.05) is 12.2 Å². The fourth-order valence-electron chi connectivity index (χ4n) is 3.92. The lowest BCUT2D eigenvalue weighted by Crippen LogP contribution is -2.39. The minimum atomic E-state index is -0.248. The van der Waals surface area contributed by atoms with E-state index < -0.39 is 0 Å². The number of aromatic nitrogens is 2. The smallest absolute Gasteiger partial charge is 0.407 e. The first kappa shape index (κ1) is 23.6. The molecule has 1 saturated carbocycles. The molecular weight excluding hydrogens is 364 g/mol. The van der Waals surface area contributed by atoms with E-state index in [4.69, 9.17) is 10.5 Å². The van der Waals surface area contributed by atoms with Gasteiger partial charge in [-0.1, -0.05) is 40.0 Å². The molecule has 1 aliphatic carbocycles. The summed E-state index contributed by atoms with van der Waals surface area (Å²) in [6.45, 7) is 7.39. The van der Waals surface area contributed by atoms with E-state index in [1.54, 1.807) is 6.20 Å². The molecule has 1 aliphatic rings. The summed E-state index contributed by atoms with van der Waals surface area (Å²) in [5, 5.41) is 2.92. The van der Waals surface area contributed by atoms with Gasteiger partial charge in [0.05, 0.1) is 6.20 Å². The molecule has 0 saturated heterocycles. The zero-order valence-corrected chi connectivity index (χ0v) is 17.8. The van der Waals surface area contributed by atoms with Gasteiger partial charge in [-0.25, -0.2) is 9.78 Å². The van der Waals surface area contributed by atoms with Crippen molar-refractivity contribution in [2.24, 2.45) is 17.8 Å². The second kappa shape index (κ2) is 12.1. The molecule has 1 fully saturated rings. The van der Waals surface area contributed by atoms with Crippen molar-refractivity contribution in [2.75, 3.05) is 12.3 Å². The molecule has 156 valence electrons. The van der Waals surface area contributed by atoms with Gasteiger partial charge in [0.15, 0.2) is 5.95 Å². The molecule has 0 aliphatic heterocycles. The van der Waals surface area contributed by atoms with Gasteiger partial charge < -0.3 is 20.8 Å². The number of carbonyl (C=O) groups excluding carboxylic acids is 1. The molecule has 0 aromatic carbocycles. The Hall–Kier alpha value is -1.43. The first-order valence-electron chi connectivity index (χ1n) is 10.2. The number of halogens is 1. The van der Waals surface area contributed by atoms with Crippen molar-refractivity contribution in [2.45, 2.75) is 78.2 Å². The van der Waals surface area contributed by atoms with Crippen molar-refractivity contribution in [3.8, 4) is 0 Å². The lowest BCUT2D eigenvalue weighted by molar-refractivity contribution is 0.00622. The first-order chi connectivity index (χ1) is 12.5. The van der Waals surface area contributed by atoms with Crippen molar-refractivity contribution in [1.82, 2.24) is 15.3 Å². The Bertz CT molecular complexity index is 550. The number of hydrogen-bond donors (Lipinski definition) is 3. The van der Waals surface area contributed by atoms with Crippen LogP contribution < -0.4 is 11.1 Å². The van der Waals surface area contributed by atoms with Crippen LogP contribution in [0, 0.1) is 17.8 Å². The third kappa shape index (κ3) is 8.41. The van der Waals surface area contributed by atoms with E-state index in [-0.39, 0.29) is 24.6 Å². The number of aryl methyl sites for hydroxylation is 1. The predicted molar refractivity (Wildman–Crippen MR) is 112 cm³/mol. The molecule has 0 unspecified atom stereocenters. The maximum absolute atomic E-state index is 12.1. The van der Waals surface area contributed by atoms with Crippen LogP contribution in [0.25, 0.3) is 0 Å². The first-order valence-corrected chi connectivity index (χ1v) is 10.2. The Labute approximate surface area is 169 Å². The summed E-state index contributed by atoms with van der Waals surface area (Å²) in [4.78, 5) is 19.1. The maximum atomic E-state index is 12.1. The highest BCUT2D eigenvalue weighted by atomic mass is 35.5. The fourth-order valence-corrected chi connectivity index (χ4v) is 3.92. The molecular formula is C20H37ClN4O2. The van der Waals surface area contributed by atoms with Crippen LogP contribution in [0.1, 0.15) is 71.4 Å². The number of carbonyl (C=O) groups is 1. The number of nitrogens with two attached hydrogens (primary N) is 1. The van der Waals surface area contributed by atoms with Crippen LogP contribution in [0.4, 0.5) is 10.7 Å². The summed E-state index contributed by atoms with van der Waals surface area (Å²) in [5.41, 5.74) is 6.65. The summed E-state index contributed by atoms with van der Waals surface area (Å²) >= 11 is 0. The van der Waals surface area contributed by atoms with Crippen molar-refractivity contribution < 1.29 is 9.53 Å². The Morgan fingerprint density at radius 1 is 1.33 bits per heavy atom. The number of amides is 1. The molecule has 0 radical (unpaired) electrons. The standard InChI is InChI=1S/C20H36N4O2.ClH/c1-14(2)17-10-9-15(3)12-18(17)26-20(25)22-11-7-5-4-6-8-16-13-23-19(21)24-16;/h13-15,17-18H,4-12H2,1-3H3,(H,22,25)(H3,21,23,24);1H/t15-,17+,18-;/m1./s1. The number of alkyl carbamates (subject to hydrolysis) is 1. The average molecular weight is 401 g/mol. The molecule has 1 aromatic heterocycles. The number of imidazole rings is 1. The van der Waals surface area contributed by atoms with E-state index in [0.717, 1.165) is 44.2 Å². The van der Waals surface area contributed by atoms with Crippen LogP contribution in [0.15, 0.2) is 6.20 Å². The van der Waals surface area contributed by atoms with Crippen LogP contribution in [-0.4, -0.2) is 28.7 Å². The molecule has 0 bridgehead atoms. The van der Waals surface area contributed by atoms with Crippen LogP contribution in [0.2, 0.25) is 0 Å². The third-order valence-electron chi connectivity index (χ3n) is 5.51. The molecule has 3 atom stereocenters. The SMILES string of the molecule is CC(C)[C@@H]1CC[C@@H](C)C[C@H]1OC(=O)NCCCCCCc1cnc(N)[nH]1.Cl. The number of H-pyrrole nitrogens is 1. The Morgan fingerprint density at radius 2 is 2.07 bits per heavy atom.